The summed E-state index contributed by atoms with van der Waals surface area (Å²) in [6, 6.07) is 0. The van der Waals surface area contributed by atoms with Crippen LogP contribution in [-0.2, 0) is 14.3 Å². The van der Waals surface area contributed by atoms with Crippen LogP contribution in [-0.4, -0.2) is 73.0 Å². The van der Waals surface area contributed by atoms with E-state index >= 15 is 0 Å². The summed E-state index contributed by atoms with van der Waals surface area (Å²) >= 11 is 0. The van der Waals surface area contributed by atoms with Gasteiger partial charge >= 0.3 is 11.9 Å². The van der Waals surface area contributed by atoms with Crippen LogP contribution in [0.4, 0.5) is 0 Å². The third-order valence-corrected chi connectivity index (χ3v) is 2.82. The Hall–Kier alpha value is -1.18. The van der Waals surface area contributed by atoms with Crippen LogP contribution in [0.1, 0.15) is 26.2 Å². The van der Waals surface area contributed by atoms with E-state index in [0.717, 1.165) is 32.8 Å². The van der Waals surface area contributed by atoms with Crippen LogP contribution < -0.4 is 5.32 Å². The molecule has 1 saturated heterocycles. The van der Waals surface area contributed by atoms with Crippen LogP contribution >= 0.6 is 0 Å². The van der Waals surface area contributed by atoms with Gasteiger partial charge in [0, 0.05) is 13.1 Å². The molecule has 0 amide bonds. The number of unbranched alkanes of at least 4 members (excludes halogenated alkanes) is 1. The molecule has 0 saturated carbocycles. The van der Waals surface area contributed by atoms with Crippen molar-refractivity contribution in [1.82, 2.24) is 10.2 Å². The first-order valence-electron chi connectivity index (χ1n) is 7.05. The predicted molar refractivity (Wildman–Crippen MR) is 74.9 cm³/mol. The topological polar surface area (TPSA) is 99.1 Å². The summed E-state index contributed by atoms with van der Waals surface area (Å²) in [6.07, 6.45) is 3.86. The lowest BCUT2D eigenvalue weighted by molar-refractivity contribution is -0.159. The normalized spacial score (nSPS) is 15.2. The molecule has 20 heavy (non-hydrogen) atoms. The maximum absolute atomic E-state index is 9.10. The third kappa shape index (κ3) is 11.9. The number of carbonyl (C=O) groups is 2. The number of carboxylic acid groups (broad SMARTS) is 2. The maximum Gasteiger partial charge on any atom is 0.414 e. The quantitative estimate of drug-likeness (QED) is 0.456. The van der Waals surface area contributed by atoms with E-state index in [9.17, 15) is 0 Å². The minimum Gasteiger partial charge on any atom is -0.473 e. The molecule has 0 radical (unpaired) electrons. The number of hydrogen-bond donors (Lipinski definition) is 3. The van der Waals surface area contributed by atoms with Crippen LogP contribution in [0, 0.1) is 0 Å². The molecule has 1 rings (SSSR count). The second kappa shape index (κ2) is 12.8. The Morgan fingerprint density at radius 1 is 1.10 bits per heavy atom. The summed E-state index contributed by atoms with van der Waals surface area (Å²) in [6.45, 7) is 9.88. The summed E-state index contributed by atoms with van der Waals surface area (Å²) in [4.78, 5) is 20.7. The van der Waals surface area contributed by atoms with Crippen LogP contribution in [0.5, 0.6) is 0 Å². The van der Waals surface area contributed by atoms with Crippen molar-refractivity contribution in [1.29, 1.82) is 0 Å². The van der Waals surface area contributed by atoms with Crippen molar-refractivity contribution >= 4 is 11.9 Å². The molecule has 1 heterocycles. The molecule has 1 fully saturated rings. The molecular formula is C13H26N2O5. The van der Waals surface area contributed by atoms with Gasteiger partial charge in [-0.1, -0.05) is 13.3 Å². The highest BCUT2D eigenvalue weighted by atomic mass is 16.5. The highest BCUT2D eigenvalue weighted by Crippen LogP contribution is 1.97. The van der Waals surface area contributed by atoms with Crippen molar-refractivity contribution in [2.45, 2.75) is 26.2 Å². The van der Waals surface area contributed by atoms with Gasteiger partial charge in [-0.05, 0) is 32.5 Å². The average Bonchev–Trinajstić information content (AvgIpc) is 2.44. The number of carboxylic acids is 2. The Morgan fingerprint density at radius 2 is 1.65 bits per heavy atom. The molecule has 3 N–H and O–H groups in total. The molecule has 0 spiro atoms. The van der Waals surface area contributed by atoms with Gasteiger partial charge in [-0.25, -0.2) is 9.59 Å². The lowest BCUT2D eigenvalue weighted by atomic mass is 10.3. The number of aliphatic carboxylic acids is 2. The fraction of sp³-hybridized carbons (Fsp3) is 0.846. The summed E-state index contributed by atoms with van der Waals surface area (Å²) in [5.74, 6) is -3.65. The number of nitrogens with one attached hydrogen (secondary N) is 1. The standard InChI is InChI=1S/C11H24N2O.C2H2O4/c1-2-3-5-12-6-4-7-13-8-10-14-11-9-13;3-1(4)2(5)6/h12H,2-11H2,1H3;(H,3,4)(H,5,6). The molecule has 118 valence electrons. The molecule has 0 bridgehead atoms. The van der Waals surface area contributed by atoms with Crippen molar-refractivity contribution in [3.63, 3.8) is 0 Å². The van der Waals surface area contributed by atoms with Gasteiger partial charge in [0.1, 0.15) is 0 Å². The fourth-order valence-corrected chi connectivity index (χ4v) is 1.68. The first-order chi connectivity index (χ1) is 9.57. The molecule has 0 aromatic heterocycles. The van der Waals surface area contributed by atoms with E-state index in [4.69, 9.17) is 24.5 Å². The van der Waals surface area contributed by atoms with Crippen molar-refractivity contribution in [3.8, 4) is 0 Å². The molecule has 0 atom stereocenters. The molecule has 0 aromatic carbocycles. The first-order valence-corrected chi connectivity index (χ1v) is 7.05. The van der Waals surface area contributed by atoms with Crippen molar-refractivity contribution < 1.29 is 24.5 Å². The minimum absolute atomic E-state index is 0.920. The van der Waals surface area contributed by atoms with E-state index < -0.39 is 11.9 Å². The van der Waals surface area contributed by atoms with Gasteiger partial charge in [0.15, 0.2) is 0 Å². The van der Waals surface area contributed by atoms with Crippen LogP contribution in [0.25, 0.3) is 0 Å². The molecule has 1 aliphatic heterocycles. The number of morpholine rings is 1. The van der Waals surface area contributed by atoms with Crippen LogP contribution in [0.15, 0.2) is 0 Å². The molecule has 0 aromatic rings. The van der Waals surface area contributed by atoms with Gasteiger partial charge in [-0.15, -0.1) is 0 Å². The van der Waals surface area contributed by atoms with Gasteiger partial charge in [-0.3, -0.25) is 4.90 Å². The predicted octanol–water partition coefficient (Wildman–Crippen LogP) is 0.254. The molecular weight excluding hydrogens is 264 g/mol. The molecule has 0 aliphatic carbocycles. The highest BCUT2D eigenvalue weighted by Gasteiger charge is 2.08. The zero-order chi connectivity index (χ0) is 15.2. The van der Waals surface area contributed by atoms with E-state index in [1.165, 1.54) is 32.4 Å². The van der Waals surface area contributed by atoms with Crippen LogP contribution in [0.3, 0.4) is 0 Å². The van der Waals surface area contributed by atoms with E-state index in [0.29, 0.717) is 0 Å². The lowest BCUT2D eigenvalue weighted by Crippen LogP contribution is -2.37. The Morgan fingerprint density at radius 3 is 2.15 bits per heavy atom. The maximum atomic E-state index is 9.10. The second-order valence-electron chi connectivity index (χ2n) is 4.52. The Kier molecular flexibility index (Phi) is 12.1. The number of ether oxygens (including phenoxy) is 1. The lowest BCUT2D eigenvalue weighted by Gasteiger charge is -2.26. The van der Waals surface area contributed by atoms with Gasteiger partial charge in [0.05, 0.1) is 13.2 Å². The zero-order valence-corrected chi connectivity index (χ0v) is 12.1. The zero-order valence-electron chi connectivity index (χ0n) is 12.1. The van der Waals surface area contributed by atoms with Crippen molar-refractivity contribution in [3.05, 3.63) is 0 Å². The van der Waals surface area contributed by atoms with Gasteiger partial charge in [0.2, 0.25) is 0 Å². The summed E-state index contributed by atoms with van der Waals surface area (Å²) in [5, 5.41) is 18.3. The molecule has 0 unspecified atom stereocenters. The molecule has 7 nitrogen and oxygen atoms in total. The van der Waals surface area contributed by atoms with E-state index in [-0.39, 0.29) is 0 Å². The fourth-order valence-electron chi connectivity index (χ4n) is 1.68. The number of rotatable bonds is 7. The van der Waals surface area contributed by atoms with Gasteiger partial charge < -0.3 is 20.3 Å². The first kappa shape index (κ1) is 18.8. The Labute approximate surface area is 119 Å². The summed E-state index contributed by atoms with van der Waals surface area (Å²) in [5.41, 5.74) is 0. The number of nitrogens with zero attached hydrogens (tertiary/aromatic N) is 1. The van der Waals surface area contributed by atoms with Gasteiger partial charge in [0.25, 0.3) is 0 Å². The third-order valence-electron chi connectivity index (χ3n) is 2.82. The summed E-state index contributed by atoms with van der Waals surface area (Å²) < 4.78 is 5.30. The average molecular weight is 290 g/mol. The van der Waals surface area contributed by atoms with Crippen molar-refractivity contribution in [2.75, 3.05) is 45.9 Å². The van der Waals surface area contributed by atoms with Crippen molar-refractivity contribution in [2.24, 2.45) is 0 Å². The van der Waals surface area contributed by atoms with E-state index in [1.54, 1.807) is 0 Å². The Bertz CT molecular complexity index is 255. The minimum atomic E-state index is -1.82. The van der Waals surface area contributed by atoms with Crippen LogP contribution in [0.2, 0.25) is 0 Å². The highest BCUT2D eigenvalue weighted by molar-refractivity contribution is 6.27. The van der Waals surface area contributed by atoms with E-state index in [2.05, 4.69) is 17.1 Å². The smallest absolute Gasteiger partial charge is 0.414 e. The molecule has 1 aliphatic rings. The second-order valence-corrected chi connectivity index (χ2v) is 4.52. The Balaban J connectivity index is 0.000000511. The SMILES string of the molecule is CCCCNCCCN1CCOCC1.O=C(O)C(=O)O. The molecule has 7 heteroatoms. The summed E-state index contributed by atoms with van der Waals surface area (Å²) in [7, 11) is 0. The van der Waals surface area contributed by atoms with E-state index in [1.807, 2.05) is 0 Å². The van der Waals surface area contributed by atoms with Gasteiger partial charge in [-0.2, -0.15) is 0 Å². The monoisotopic (exact) mass is 290 g/mol. The largest absolute Gasteiger partial charge is 0.473 e. The number of hydrogen-bond acceptors (Lipinski definition) is 5.